The number of ether oxygens (including phenoxy) is 1. The summed E-state index contributed by atoms with van der Waals surface area (Å²) in [5, 5.41) is 0.685. The molecule has 13 heavy (non-hydrogen) atoms. The lowest BCUT2D eigenvalue weighted by Gasteiger charge is -2.06. The summed E-state index contributed by atoms with van der Waals surface area (Å²) in [5.74, 6) is 0.588. The van der Waals surface area contributed by atoms with Crippen LogP contribution in [-0.2, 0) is 4.74 Å². The van der Waals surface area contributed by atoms with E-state index in [2.05, 4.69) is 0 Å². The van der Waals surface area contributed by atoms with Crippen molar-refractivity contribution in [3.8, 4) is 0 Å². The van der Waals surface area contributed by atoms with E-state index < -0.39 is 0 Å². The number of nitrogen functional groups attached to an aromatic ring is 1. The molecule has 0 fully saturated rings. The predicted octanol–water partition coefficient (Wildman–Crippen LogP) is 3.01. The molecule has 0 aliphatic heterocycles. The first kappa shape index (κ1) is 10.7. The van der Waals surface area contributed by atoms with E-state index in [0.29, 0.717) is 23.3 Å². The minimum atomic E-state index is 0.588. The smallest absolute Gasteiger partial charge is 0.0968 e. The van der Waals surface area contributed by atoms with Gasteiger partial charge in [-0.05, 0) is 19.1 Å². The molecular formula is C9H12ClNOS. The summed E-state index contributed by atoms with van der Waals surface area (Å²) in [5.41, 5.74) is 6.45. The van der Waals surface area contributed by atoms with Crippen LogP contribution >= 0.6 is 23.4 Å². The quantitative estimate of drug-likeness (QED) is 0.365. The Kier molecular flexibility index (Phi) is 4.42. The normalized spacial score (nSPS) is 10.3. The Morgan fingerprint density at radius 1 is 1.54 bits per heavy atom. The van der Waals surface area contributed by atoms with Gasteiger partial charge in [-0.1, -0.05) is 29.4 Å². The first-order valence-electron chi connectivity index (χ1n) is 4.00. The molecule has 0 heterocycles. The molecule has 0 spiro atoms. The molecule has 0 unspecified atom stereocenters. The fourth-order valence-electron chi connectivity index (χ4n) is 0.862. The van der Waals surface area contributed by atoms with Crippen molar-refractivity contribution >= 4 is 29.1 Å². The van der Waals surface area contributed by atoms with Crippen LogP contribution in [0, 0.1) is 0 Å². The van der Waals surface area contributed by atoms with Crippen molar-refractivity contribution in [1.82, 2.24) is 0 Å². The largest absolute Gasteiger partial charge is 0.398 e. The summed E-state index contributed by atoms with van der Waals surface area (Å²) in [6, 6.07) is 5.49. The maximum absolute atomic E-state index is 5.95. The van der Waals surface area contributed by atoms with Gasteiger partial charge in [-0.2, -0.15) is 0 Å². The molecule has 0 aromatic heterocycles. The van der Waals surface area contributed by atoms with Crippen LogP contribution in [0.3, 0.4) is 0 Å². The molecule has 0 atom stereocenters. The van der Waals surface area contributed by atoms with E-state index in [1.165, 1.54) is 11.8 Å². The zero-order valence-electron chi connectivity index (χ0n) is 7.42. The summed E-state index contributed by atoms with van der Waals surface area (Å²) >= 11 is 7.47. The van der Waals surface area contributed by atoms with Gasteiger partial charge in [0.15, 0.2) is 0 Å². The molecule has 2 nitrogen and oxygen atoms in total. The Hall–Kier alpha value is -0.380. The van der Waals surface area contributed by atoms with Crippen molar-refractivity contribution < 1.29 is 4.74 Å². The first-order chi connectivity index (χ1) is 6.25. The highest BCUT2D eigenvalue weighted by Crippen LogP contribution is 2.32. The third-order valence-corrected chi connectivity index (χ3v) is 2.94. The van der Waals surface area contributed by atoms with E-state index in [-0.39, 0.29) is 0 Å². The maximum Gasteiger partial charge on any atom is 0.0968 e. The third-order valence-electron chi connectivity index (χ3n) is 1.49. The topological polar surface area (TPSA) is 35.2 Å². The lowest BCUT2D eigenvalue weighted by molar-refractivity contribution is 0.199. The van der Waals surface area contributed by atoms with Crippen LogP contribution in [0.4, 0.5) is 5.69 Å². The van der Waals surface area contributed by atoms with Crippen LogP contribution in [0.25, 0.3) is 0 Å². The maximum atomic E-state index is 5.95. The van der Waals surface area contributed by atoms with Gasteiger partial charge in [0, 0.05) is 12.3 Å². The van der Waals surface area contributed by atoms with Gasteiger partial charge in [-0.25, -0.2) is 0 Å². The first-order valence-corrected chi connectivity index (χ1v) is 5.36. The number of hydrogen-bond acceptors (Lipinski definition) is 3. The second-order valence-corrected chi connectivity index (χ2v) is 3.75. The molecule has 0 saturated carbocycles. The average molecular weight is 218 g/mol. The van der Waals surface area contributed by atoms with Crippen LogP contribution in [0.15, 0.2) is 23.1 Å². The Morgan fingerprint density at radius 3 is 2.92 bits per heavy atom. The second kappa shape index (κ2) is 5.37. The molecule has 0 bridgehead atoms. The standard InChI is InChI=1S/C9H12ClNOS/c1-2-12-6-13-9-7(10)4-3-5-8(9)11/h3-5H,2,6,11H2,1H3. The Balaban J connectivity index is 2.64. The van der Waals surface area contributed by atoms with Crippen LogP contribution in [0.2, 0.25) is 5.02 Å². The zero-order valence-corrected chi connectivity index (χ0v) is 8.99. The van der Waals surface area contributed by atoms with E-state index in [1.54, 1.807) is 0 Å². The molecule has 1 aromatic rings. The third kappa shape index (κ3) is 3.10. The molecule has 0 radical (unpaired) electrons. The fourth-order valence-corrected chi connectivity index (χ4v) is 2.02. The molecule has 0 saturated heterocycles. The lowest BCUT2D eigenvalue weighted by atomic mass is 10.3. The number of thioether (sulfide) groups is 1. The number of benzene rings is 1. The van der Waals surface area contributed by atoms with Gasteiger partial charge in [0.1, 0.15) is 0 Å². The Bertz CT molecular complexity index is 260. The van der Waals surface area contributed by atoms with E-state index >= 15 is 0 Å². The van der Waals surface area contributed by atoms with Gasteiger partial charge in [-0.15, -0.1) is 0 Å². The van der Waals surface area contributed by atoms with Gasteiger partial charge in [-0.3, -0.25) is 0 Å². The highest BCUT2D eigenvalue weighted by Gasteiger charge is 2.03. The van der Waals surface area contributed by atoms with Crippen molar-refractivity contribution in [2.45, 2.75) is 11.8 Å². The molecule has 1 rings (SSSR count). The molecule has 4 heteroatoms. The van der Waals surface area contributed by atoms with Crippen molar-refractivity contribution in [3.05, 3.63) is 23.2 Å². The highest BCUT2D eigenvalue weighted by molar-refractivity contribution is 7.99. The van der Waals surface area contributed by atoms with Gasteiger partial charge >= 0.3 is 0 Å². The van der Waals surface area contributed by atoms with E-state index in [1.807, 2.05) is 25.1 Å². The Labute approximate surface area is 87.4 Å². The number of rotatable bonds is 4. The SMILES string of the molecule is CCOCSc1c(N)cccc1Cl. The molecular weight excluding hydrogens is 206 g/mol. The van der Waals surface area contributed by atoms with Crippen molar-refractivity contribution in [3.63, 3.8) is 0 Å². The molecule has 72 valence electrons. The van der Waals surface area contributed by atoms with Crippen LogP contribution in [0.5, 0.6) is 0 Å². The van der Waals surface area contributed by atoms with E-state index in [9.17, 15) is 0 Å². The summed E-state index contributed by atoms with van der Waals surface area (Å²) < 4.78 is 5.20. The number of hydrogen-bond donors (Lipinski definition) is 1. The molecule has 1 aromatic carbocycles. The van der Waals surface area contributed by atoms with Crippen molar-refractivity contribution in [2.24, 2.45) is 0 Å². The number of nitrogens with two attached hydrogens (primary N) is 1. The summed E-state index contributed by atoms with van der Waals surface area (Å²) in [6.07, 6.45) is 0. The van der Waals surface area contributed by atoms with Crippen LogP contribution in [0.1, 0.15) is 6.92 Å². The minimum Gasteiger partial charge on any atom is -0.398 e. The summed E-state index contributed by atoms with van der Waals surface area (Å²) in [7, 11) is 0. The lowest BCUT2D eigenvalue weighted by Crippen LogP contribution is -1.92. The Morgan fingerprint density at radius 2 is 2.31 bits per heavy atom. The monoisotopic (exact) mass is 217 g/mol. The summed E-state index contributed by atoms with van der Waals surface area (Å²) in [4.78, 5) is 0.901. The minimum absolute atomic E-state index is 0.588. The fraction of sp³-hybridized carbons (Fsp3) is 0.333. The second-order valence-electron chi connectivity index (χ2n) is 2.41. The highest BCUT2D eigenvalue weighted by atomic mass is 35.5. The van der Waals surface area contributed by atoms with E-state index in [4.69, 9.17) is 22.1 Å². The average Bonchev–Trinajstić information content (AvgIpc) is 2.10. The number of halogens is 1. The van der Waals surface area contributed by atoms with Crippen LogP contribution in [-0.4, -0.2) is 12.5 Å². The van der Waals surface area contributed by atoms with Crippen LogP contribution < -0.4 is 5.73 Å². The number of anilines is 1. The van der Waals surface area contributed by atoms with Gasteiger partial charge in [0.2, 0.25) is 0 Å². The predicted molar refractivity (Wildman–Crippen MR) is 58.2 cm³/mol. The molecule has 2 N–H and O–H groups in total. The van der Waals surface area contributed by atoms with Gasteiger partial charge in [0.25, 0.3) is 0 Å². The van der Waals surface area contributed by atoms with Gasteiger partial charge in [0.05, 0.1) is 15.9 Å². The van der Waals surface area contributed by atoms with Crippen molar-refractivity contribution in [1.29, 1.82) is 0 Å². The zero-order chi connectivity index (χ0) is 9.68. The molecule has 0 aliphatic rings. The van der Waals surface area contributed by atoms with Crippen molar-refractivity contribution in [2.75, 3.05) is 18.3 Å². The molecule has 0 aliphatic carbocycles. The molecule has 0 amide bonds. The summed E-state index contributed by atoms with van der Waals surface area (Å²) in [6.45, 7) is 2.66. The van der Waals surface area contributed by atoms with Gasteiger partial charge < -0.3 is 10.5 Å². The van der Waals surface area contributed by atoms with E-state index in [0.717, 1.165) is 4.90 Å².